The van der Waals surface area contributed by atoms with Crippen LogP contribution in [0.15, 0.2) is 53.5 Å². The Bertz CT molecular complexity index is 827. The van der Waals surface area contributed by atoms with Crippen molar-refractivity contribution in [2.75, 3.05) is 6.54 Å². The largest absolute Gasteiger partial charge is 0.357 e. The van der Waals surface area contributed by atoms with Crippen LogP contribution in [0.5, 0.6) is 0 Å². The third-order valence-electron chi connectivity index (χ3n) is 3.85. The molecule has 2 aromatic rings. The predicted octanol–water partition coefficient (Wildman–Crippen LogP) is 3.61. The Morgan fingerprint density at radius 3 is 2.50 bits per heavy atom. The number of aliphatic imine (C=N–C) groups is 1. The summed E-state index contributed by atoms with van der Waals surface area (Å²) in [6, 6.07) is 14.1. The maximum Gasteiger partial charge on any atom is 0.251 e. The highest BCUT2D eigenvalue weighted by molar-refractivity contribution is 5.94. The van der Waals surface area contributed by atoms with Crippen molar-refractivity contribution >= 4 is 11.9 Å². The fourth-order valence-corrected chi connectivity index (χ4v) is 2.56. The van der Waals surface area contributed by atoms with E-state index >= 15 is 0 Å². The lowest BCUT2D eigenvalue weighted by molar-refractivity contribution is 0.0919. The molecular formula is C22H29FN4O. The molecule has 0 aliphatic rings. The van der Waals surface area contributed by atoms with Crippen LogP contribution in [0, 0.1) is 5.82 Å². The molecule has 0 aliphatic heterocycles. The Labute approximate surface area is 166 Å². The molecule has 0 saturated heterocycles. The van der Waals surface area contributed by atoms with E-state index in [1.54, 1.807) is 24.3 Å². The molecule has 28 heavy (non-hydrogen) atoms. The lowest BCUT2D eigenvalue weighted by Gasteiger charge is -2.20. The van der Waals surface area contributed by atoms with Gasteiger partial charge in [0.15, 0.2) is 5.96 Å². The quantitative estimate of drug-likeness (QED) is 0.527. The van der Waals surface area contributed by atoms with E-state index in [-0.39, 0.29) is 17.3 Å². The summed E-state index contributed by atoms with van der Waals surface area (Å²) in [5, 5.41) is 9.24. The van der Waals surface area contributed by atoms with Gasteiger partial charge in [-0.25, -0.2) is 9.38 Å². The van der Waals surface area contributed by atoms with Crippen molar-refractivity contribution < 1.29 is 9.18 Å². The summed E-state index contributed by atoms with van der Waals surface area (Å²) in [6.07, 6.45) is 0. The number of hydrogen-bond acceptors (Lipinski definition) is 2. The van der Waals surface area contributed by atoms with Gasteiger partial charge in [0.05, 0.1) is 6.54 Å². The molecule has 0 bridgehead atoms. The summed E-state index contributed by atoms with van der Waals surface area (Å²) in [6.45, 7) is 9.25. The van der Waals surface area contributed by atoms with Crippen LogP contribution in [0.1, 0.15) is 49.2 Å². The summed E-state index contributed by atoms with van der Waals surface area (Å²) in [5.41, 5.74) is 1.81. The number of rotatable bonds is 6. The molecule has 0 aliphatic carbocycles. The summed E-state index contributed by atoms with van der Waals surface area (Å²) in [5.74, 6) is 0.238. The molecule has 5 nitrogen and oxygen atoms in total. The molecule has 0 spiro atoms. The van der Waals surface area contributed by atoms with E-state index in [2.05, 4.69) is 20.9 Å². The van der Waals surface area contributed by atoms with Crippen molar-refractivity contribution in [3.05, 3.63) is 71.0 Å². The van der Waals surface area contributed by atoms with E-state index in [9.17, 15) is 9.18 Å². The monoisotopic (exact) mass is 384 g/mol. The molecule has 0 heterocycles. The average molecular weight is 384 g/mol. The van der Waals surface area contributed by atoms with Crippen molar-refractivity contribution in [2.45, 2.75) is 46.3 Å². The SMILES string of the molecule is CCNC(=NCc1cccc(C(=O)NC(C)(C)C)c1)NCc1ccccc1F. The molecule has 2 rings (SSSR count). The van der Waals surface area contributed by atoms with E-state index in [4.69, 9.17) is 0 Å². The topological polar surface area (TPSA) is 65.5 Å². The number of carbonyl (C=O) groups is 1. The van der Waals surface area contributed by atoms with E-state index < -0.39 is 0 Å². The zero-order chi connectivity index (χ0) is 20.6. The number of nitrogens with one attached hydrogen (secondary N) is 3. The van der Waals surface area contributed by atoms with Crippen molar-refractivity contribution in [1.29, 1.82) is 0 Å². The number of amides is 1. The van der Waals surface area contributed by atoms with Gasteiger partial charge in [0.2, 0.25) is 0 Å². The first kappa shape index (κ1) is 21.4. The van der Waals surface area contributed by atoms with Crippen LogP contribution in [0.2, 0.25) is 0 Å². The third kappa shape index (κ3) is 7.02. The first-order chi connectivity index (χ1) is 13.3. The van der Waals surface area contributed by atoms with Gasteiger partial charge in [-0.1, -0.05) is 30.3 Å². The van der Waals surface area contributed by atoms with Gasteiger partial charge in [-0.05, 0) is 51.5 Å². The van der Waals surface area contributed by atoms with Gasteiger partial charge in [0.1, 0.15) is 5.82 Å². The lowest BCUT2D eigenvalue weighted by Crippen LogP contribution is -2.40. The van der Waals surface area contributed by atoms with E-state index in [1.807, 2.05) is 45.9 Å². The van der Waals surface area contributed by atoms with E-state index in [0.717, 1.165) is 5.56 Å². The fourth-order valence-electron chi connectivity index (χ4n) is 2.56. The minimum atomic E-state index is -0.292. The summed E-state index contributed by atoms with van der Waals surface area (Å²) in [4.78, 5) is 16.9. The highest BCUT2D eigenvalue weighted by Gasteiger charge is 2.15. The molecule has 0 atom stereocenters. The molecule has 0 saturated carbocycles. The van der Waals surface area contributed by atoms with Crippen molar-refractivity contribution in [3.8, 4) is 0 Å². The Morgan fingerprint density at radius 1 is 1.07 bits per heavy atom. The maximum absolute atomic E-state index is 13.8. The second-order valence-electron chi connectivity index (χ2n) is 7.54. The average Bonchev–Trinajstić information content (AvgIpc) is 2.64. The molecule has 3 N–H and O–H groups in total. The van der Waals surface area contributed by atoms with Crippen LogP contribution < -0.4 is 16.0 Å². The Kier molecular flexibility index (Phi) is 7.55. The van der Waals surface area contributed by atoms with Gasteiger partial charge in [-0.15, -0.1) is 0 Å². The number of hydrogen-bond donors (Lipinski definition) is 3. The summed E-state index contributed by atoms with van der Waals surface area (Å²) in [7, 11) is 0. The minimum Gasteiger partial charge on any atom is -0.357 e. The highest BCUT2D eigenvalue weighted by atomic mass is 19.1. The highest BCUT2D eigenvalue weighted by Crippen LogP contribution is 2.09. The first-order valence-corrected chi connectivity index (χ1v) is 9.45. The van der Waals surface area contributed by atoms with Crippen molar-refractivity contribution in [1.82, 2.24) is 16.0 Å². The molecule has 0 fully saturated rings. The smallest absolute Gasteiger partial charge is 0.251 e. The van der Waals surface area contributed by atoms with Gasteiger partial charge in [0, 0.05) is 29.8 Å². The number of benzene rings is 2. The zero-order valence-corrected chi connectivity index (χ0v) is 17.0. The third-order valence-corrected chi connectivity index (χ3v) is 3.85. The molecule has 6 heteroatoms. The van der Waals surface area contributed by atoms with Gasteiger partial charge < -0.3 is 16.0 Å². The minimum absolute atomic E-state index is 0.108. The standard InChI is InChI=1S/C22H29FN4O/c1-5-24-21(26-15-18-10-6-7-12-19(18)23)25-14-16-9-8-11-17(13-16)20(28)27-22(2,3)4/h6-13H,5,14-15H2,1-4H3,(H,27,28)(H2,24,25,26). The molecule has 0 unspecified atom stereocenters. The zero-order valence-electron chi connectivity index (χ0n) is 17.0. The molecular weight excluding hydrogens is 355 g/mol. The second kappa shape index (κ2) is 9.88. The van der Waals surface area contributed by atoms with Gasteiger partial charge in [-0.2, -0.15) is 0 Å². The molecule has 0 radical (unpaired) electrons. The van der Waals surface area contributed by atoms with E-state index in [0.29, 0.717) is 36.7 Å². The molecule has 0 aromatic heterocycles. The maximum atomic E-state index is 13.8. The van der Waals surface area contributed by atoms with Crippen molar-refractivity contribution in [2.24, 2.45) is 4.99 Å². The summed E-state index contributed by atoms with van der Waals surface area (Å²) >= 11 is 0. The normalized spacial score (nSPS) is 11.8. The second-order valence-corrected chi connectivity index (χ2v) is 7.54. The van der Waals surface area contributed by atoms with E-state index in [1.165, 1.54) is 6.07 Å². The Morgan fingerprint density at radius 2 is 1.82 bits per heavy atom. The van der Waals surface area contributed by atoms with Crippen LogP contribution in [-0.2, 0) is 13.1 Å². The van der Waals surface area contributed by atoms with Gasteiger partial charge >= 0.3 is 0 Å². The predicted molar refractivity (Wildman–Crippen MR) is 112 cm³/mol. The molecule has 1 amide bonds. The fraction of sp³-hybridized carbons (Fsp3) is 0.364. The van der Waals surface area contributed by atoms with Crippen molar-refractivity contribution in [3.63, 3.8) is 0 Å². The molecule has 150 valence electrons. The van der Waals surface area contributed by atoms with Crippen LogP contribution in [0.3, 0.4) is 0 Å². The van der Waals surface area contributed by atoms with Gasteiger partial charge in [0.25, 0.3) is 5.91 Å². The lowest BCUT2D eigenvalue weighted by atomic mass is 10.1. The number of guanidine groups is 1. The van der Waals surface area contributed by atoms with Gasteiger partial charge in [-0.3, -0.25) is 4.79 Å². The summed E-state index contributed by atoms with van der Waals surface area (Å²) < 4.78 is 13.8. The Balaban J connectivity index is 2.05. The number of carbonyl (C=O) groups excluding carboxylic acids is 1. The molecule has 2 aromatic carbocycles. The number of nitrogens with zero attached hydrogens (tertiary/aromatic N) is 1. The first-order valence-electron chi connectivity index (χ1n) is 9.45. The van der Waals surface area contributed by atoms with Crippen LogP contribution in [0.4, 0.5) is 4.39 Å². The van der Waals surface area contributed by atoms with Crippen LogP contribution in [0.25, 0.3) is 0 Å². The Hall–Kier alpha value is -2.89. The van der Waals surface area contributed by atoms with Crippen LogP contribution >= 0.6 is 0 Å². The van der Waals surface area contributed by atoms with Crippen LogP contribution in [-0.4, -0.2) is 24.0 Å². The number of halogens is 1.